The molecule has 1 heterocycles. The van der Waals surface area contributed by atoms with Crippen LogP contribution in [0.5, 0.6) is 0 Å². The lowest BCUT2D eigenvalue weighted by atomic mass is 9.80. The number of benzene rings is 1. The standard InChI is InChI=1S/C18H23N3O/c1-12-10-18(2,3)21(5)16-7-6-13(9-15(12)16)8-14(11-19)17(22)20-4/h6-9,12H,10H2,1-5H3,(H,20,22)/b14-8+. The lowest BCUT2D eigenvalue weighted by Crippen LogP contribution is -2.45. The molecule has 22 heavy (non-hydrogen) atoms. The van der Waals surface area contributed by atoms with Crippen LogP contribution in [0.25, 0.3) is 6.08 Å². The van der Waals surface area contributed by atoms with Gasteiger partial charge in [-0.25, -0.2) is 0 Å². The lowest BCUT2D eigenvalue weighted by Gasteiger charge is -2.45. The van der Waals surface area contributed by atoms with Gasteiger partial charge in [0, 0.05) is 25.3 Å². The van der Waals surface area contributed by atoms with Crippen LogP contribution in [-0.2, 0) is 4.79 Å². The van der Waals surface area contributed by atoms with Gasteiger partial charge >= 0.3 is 0 Å². The highest BCUT2D eigenvalue weighted by Crippen LogP contribution is 2.42. The molecule has 1 N–H and O–H groups in total. The van der Waals surface area contributed by atoms with Crippen LogP contribution in [0.2, 0.25) is 0 Å². The number of nitrogens with one attached hydrogen (secondary N) is 1. The van der Waals surface area contributed by atoms with E-state index in [2.05, 4.69) is 50.2 Å². The summed E-state index contributed by atoms with van der Waals surface area (Å²) in [5.74, 6) is 0.0895. The van der Waals surface area contributed by atoms with Gasteiger partial charge in [0.25, 0.3) is 5.91 Å². The number of nitriles is 1. The molecule has 1 aromatic rings. The average Bonchev–Trinajstić information content (AvgIpc) is 2.49. The summed E-state index contributed by atoms with van der Waals surface area (Å²) >= 11 is 0. The number of fused-ring (bicyclic) bond motifs is 1. The number of hydrogen-bond acceptors (Lipinski definition) is 3. The Morgan fingerprint density at radius 3 is 2.77 bits per heavy atom. The third kappa shape index (κ3) is 2.85. The van der Waals surface area contributed by atoms with Crippen molar-refractivity contribution in [1.29, 1.82) is 5.26 Å². The van der Waals surface area contributed by atoms with E-state index in [1.807, 2.05) is 12.1 Å². The first-order valence-corrected chi connectivity index (χ1v) is 7.52. The van der Waals surface area contributed by atoms with Gasteiger partial charge in [-0.1, -0.05) is 13.0 Å². The van der Waals surface area contributed by atoms with Crippen LogP contribution in [-0.4, -0.2) is 25.5 Å². The second-order valence-corrected chi connectivity index (χ2v) is 6.54. The fraction of sp³-hybridized carbons (Fsp3) is 0.444. The Balaban J connectivity index is 2.45. The monoisotopic (exact) mass is 297 g/mol. The second kappa shape index (κ2) is 5.84. The highest BCUT2D eigenvalue weighted by molar-refractivity contribution is 6.01. The fourth-order valence-corrected chi connectivity index (χ4v) is 3.14. The Hall–Kier alpha value is -2.28. The molecule has 2 rings (SSSR count). The fourth-order valence-electron chi connectivity index (χ4n) is 3.14. The molecule has 1 amide bonds. The van der Waals surface area contributed by atoms with E-state index in [0.29, 0.717) is 5.92 Å². The molecule has 0 fully saturated rings. The SMILES string of the molecule is CNC(=O)/C(C#N)=C/c1ccc2c(c1)C(C)CC(C)(C)N2C. The summed E-state index contributed by atoms with van der Waals surface area (Å²) in [4.78, 5) is 13.9. The van der Waals surface area contributed by atoms with Gasteiger partial charge in [0.1, 0.15) is 11.6 Å². The summed E-state index contributed by atoms with van der Waals surface area (Å²) in [5.41, 5.74) is 3.63. The Morgan fingerprint density at radius 2 is 2.18 bits per heavy atom. The van der Waals surface area contributed by atoms with Gasteiger partial charge in [-0.2, -0.15) is 5.26 Å². The Kier molecular flexibility index (Phi) is 4.27. The predicted octanol–water partition coefficient (Wildman–Crippen LogP) is 3.06. The van der Waals surface area contributed by atoms with Crippen molar-refractivity contribution in [2.24, 2.45) is 0 Å². The predicted molar refractivity (Wildman–Crippen MR) is 89.6 cm³/mol. The van der Waals surface area contributed by atoms with Gasteiger partial charge in [-0.15, -0.1) is 0 Å². The van der Waals surface area contributed by atoms with E-state index in [1.165, 1.54) is 18.3 Å². The molecule has 1 aromatic carbocycles. The first-order valence-electron chi connectivity index (χ1n) is 7.52. The maximum atomic E-state index is 11.6. The summed E-state index contributed by atoms with van der Waals surface area (Å²) in [7, 11) is 3.64. The lowest BCUT2D eigenvalue weighted by molar-refractivity contribution is -0.116. The van der Waals surface area contributed by atoms with Gasteiger partial charge in [0.15, 0.2) is 0 Å². The minimum Gasteiger partial charge on any atom is -0.369 e. The third-order valence-electron chi connectivity index (χ3n) is 4.56. The van der Waals surface area contributed by atoms with Gasteiger partial charge in [-0.3, -0.25) is 4.79 Å². The van der Waals surface area contributed by atoms with E-state index in [0.717, 1.165) is 12.0 Å². The number of likely N-dealkylation sites (N-methyl/N-ethyl adjacent to an activating group) is 1. The zero-order valence-electron chi connectivity index (χ0n) is 13.9. The van der Waals surface area contributed by atoms with E-state index in [4.69, 9.17) is 5.26 Å². The molecule has 4 nitrogen and oxygen atoms in total. The van der Waals surface area contributed by atoms with Crippen LogP contribution in [0.15, 0.2) is 23.8 Å². The molecule has 116 valence electrons. The van der Waals surface area contributed by atoms with Crippen molar-refractivity contribution in [2.75, 3.05) is 19.0 Å². The maximum absolute atomic E-state index is 11.6. The molecule has 0 bridgehead atoms. The third-order valence-corrected chi connectivity index (χ3v) is 4.56. The zero-order chi connectivity index (χ0) is 16.5. The Bertz CT molecular complexity index is 667. The summed E-state index contributed by atoms with van der Waals surface area (Å²) in [6.07, 6.45) is 2.72. The number of rotatable bonds is 2. The van der Waals surface area contributed by atoms with Crippen molar-refractivity contribution < 1.29 is 4.79 Å². The topological polar surface area (TPSA) is 56.1 Å². The minimum atomic E-state index is -0.355. The zero-order valence-corrected chi connectivity index (χ0v) is 13.9. The van der Waals surface area contributed by atoms with Crippen molar-refractivity contribution in [2.45, 2.75) is 38.6 Å². The van der Waals surface area contributed by atoms with E-state index < -0.39 is 0 Å². The smallest absolute Gasteiger partial charge is 0.261 e. The number of amides is 1. The molecule has 1 aliphatic heterocycles. The van der Waals surface area contributed by atoms with Crippen molar-refractivity contribution in [3.63, 3.8) is 0 Å². The molecule has 0 radical (unpaired) electrons. The van der Waals surface area contributed by atoms with E-state index in [-0.39, 0.29) is 17.0 Å². The number of anilines is 1. The highest BCUT2D eigenvalue weighted by atomic mass is 16.1. The van der Waals surface area contributed by atoms with Crippen LogP contribution >= 0.6 is 0 Å². The maximum Gasteiger partial charge on any atom is 0.261 e. The van der Waals surface area contributed by atoms with Crippen molar-refractivity contribution in [3.8, 4) is 6.07 Å². The highest BCUT2D eigenvalue weighted by Gasteiger charge is 2.33. The van der Waals surface area contributed by atoms with Crippen molar-refractivity contribution >= 4 is 17.7 Å². The minimum absolute atomic E-state index is 0.125. The van der Waals surface area contributed by atoms with Crippen molar-refractivity contribution in [1.82, 2.24) is 5.32 Å². The van der Waals surface area contributed by atoms with Crippen LogP contribution in [0, 0.1) is 11.3 Å². The first-order chi connectivity index (χ1) is 10.3. The van der Waals surface area contributed by atoms with Crippen LogP contribution in [0.3, 0.4) is 0 Å². The summed E-state index contributed by atoms with van der Waals surface area (Å²) in [6.45, 7) is 6.73. The van der Waals surface area contributed by atoms with Gasteiger partial charge in [0.05, 0.1) is 0 Å². The van der Waals surface area contributed by atoms with Gasteiger partial charge in [-0.05, 0) is 55.5 Å². The van der Waals surface area contributed by atoms with Crippen LogP contribution in [0.4, 0.5) is 5.69 Å². The molecule has 0 saturated heterocycles. The summed E-state index contributed by atoms with van der Waals surface area (Å²) in [6, 6.07) is 8.09. The first kappa shape index (κ1) is 16.1. The molecular formula is C18H23N3O. The normalized spacial score (nSPS) is 20.1. The second-order valence-electron chi connectivity index (χ2n) is 6.54. The number of carbonyl (C=O) groups is 1. The van der Waals surface area contributed by atoms with E-state index in [9.17, 15) is 4.79 Å². The van der Waals surface area contributed by atoms with Crippen molar-refractivity contribution in [3.05, 3.63) is 34.9 Å². The molecule has 0 saturated carbocycles. The molecule has 1 unspecified atom stereocenters. The summed E-state index contributed by atoms with van der Waals surface area (Å²) in [5, 5.41) is 11.6. The molecule has 0 spiro atoms. The number of carbonyl (C=O) groups excluding carboxylic acids is 1. The molecule has 4 heteroatoms. The van der Waals surface area contributed by atoms with E-state index in [1.54, 1.807) is 6.08 Å². The number of hydrogen-bond donors (Lipinski definition) is 1. The summed E-state index contributed by atoms with van der Waals surface area (Å²) < 4.78 is 0. The van der Waals surface area contributed by atoms with E-state index >= 15 is 0 Å². The van der Waals surface area contributed by atoms with Crippen LogP contribution in [0.1, 0.15) is 44.2 Å². The quantitative estimate of drug-likeness (QED) is 0.674. The molecule has 0 aromatic heterocycles. The molecule has 1 atom stereocenters. The molecular weight excluding hydrogens is 274 g/mol. The molecule has 1 aliphatic rings. The molecule has 0 aliphatic carbocycles. The van der Waals surface area contributed by atoms with Gasteiger partial charge in [0.2, 0.25) is 0 Å². The number of nitrogens with zero attached hydrogens (tertiary/aromatic N) is 2. The van der Waals surface area contributed by atoms with Gasteiger partial charge < -0.3 is 10.2 Å². The largest absolute Gasteiger partial charge is 0.369 e. The van der Waals surface area contributed by atoms with Crippen LogP contribution < -0.4 is 10.2 Å². The average molecular weight is 297 g/mol. The Morgan fingerprint density at radius 1 is 1.50 bits per heavy atom. The Labute approximate surface area is 132 Å².